The highest BCUT2D eigenvalue weighted by molar-refractivity contribution is 7.80. The van der Waals surface area contributed by atoms with E-state index >= 15 is 0 Å². The van der Waals surface area contributed by atoms with Crippen LogP contribution in [0.3, 0.4) is 0 Å². The number of benzene rings is 2. The molecule has 0 heterocycles. The molecule has 1 amide bonds. The van der Waals surface area contributed by atoms with E-state index in [0.717, 1.165) is 16.1 Å². The number of carbonyl (C=O) groups is 1. The van der Waals surface area contributed by atoms with E-state index in [-0.39, 0.29) is 5.91 Å². The minimum atomic E-state index is -0.0280. The monoisotopic (exact) mass is 269 g/mol. The maximum atomic E-state index is 12.3. The van der Waals surface area contributed by atoms with E-state index in [2.05, 4.69) is 0 Å². The number of thiocarbonyl (C=S) groups is 1. The van der Waals surface area contributed by atoms with Gasteiger partial charge in [0.25, 0.3) is 5.91 Å². The van der Waals surface area contributed by atoms with Crippen molar-refractivity contribution in [2.45, 2.75) is 6.92 Å². The van der Waals surface area contributed by atoms with Gasteiger partial charge in [0.2, 0.25) is 0 Å². The largest absolute Gasteiger partial charge is 0.311 e. The van der Waals surface area contributed by atoms with Gasteiger partial charge in [-0.05, 0) is 36.8 Å². The SMILES string of the molecule is CC(=S)c1cccc(N(C)C(=O)c2ccccc2)c1. The third-order valence-electron chi connectivity index (χ3n) is 2.97. The maximum absolute atomic E-state index is 12.3. The van der Waals surface area contributed by atoms with Gasteiger partial charge >= 0.3 is 0 Å². The minimum Gasteiger partial charge on any atom is -0.311 e. The Balaban J connectivity index is 2.29. The molecule has 96 valence electrons. The van der Waals surface area contributed by atoms with Crippen LogP contribution in [0.1, 0.15) is 22.8 Å². The van der Waals surface area contributed by atoms with Gasteiger partial charge in [-0.1, -0.05) is 42.5 Å². The van der Waals surface area contributed by atoms with E-state index in [1.54, 1.807) is 11.9 Å². The van der Waals surface area contributed by atoms with E-state index in [1.807, 2.05) is 61.5 Å². The predicted octanol–water partition coefficient (Wildman–Crippen LogP) is 3.70. The summed E-state index contributed by atoms with van der Waals surface area (Å²) in [6.07, 6.45) is 0. The second-order valence-electron chi connectivity index (χ2n) is 4.34. The summed E-state index contributed by atoms with van der Waals surface area (Å²) < 4.78 is 0. The van der Waals surface area contributed by atoms with Crippen molar-refractivity contribution < 1.29 is 4.79 Å². The van der Waals surface area contributed by atoms with Crippen molar-refractivity contribution in [3.8, 4) is 0 Å². The van der Waals surface area contributed by atoms with Gasteiger partial charge in [0.05, 0.1) is 0 Å². The fourth-order valence-electron chi connectivity index (χ4n) is 1.83. The second-order valence-corrected chi connectivity index (χ2v) is 4.95. The van der Waals surface area contributed by atoms with Gasteiger partial charge in [-0.2, -0.15) is 0 Å². The van der Waals surface area contributed by atoms with Crippen molar-refractivity contribution in [2.75, 3.05) is 11.9 Å². The fourth-order valence-corrected chi connectivity index (χ4v) is 1.95. The van der Waals surface area contributed by atoms with Crippen LogP contribution in [0.5, 0.6) is 0 Å². The lowest BCUT2D eigenvalue weighted by Crippen LogP contribution is -2.26. The first-order valence-electron chi connectivity index (χ1n) is 6.03. The smallest absolute Gasteiger partial charge is 0.258 e. The van der Waals surface area contributed by atoms with E-state index in [4.69, 9.17) is 12.2 Å². The topological polar surface area (TPSA) is 20.3 Å². The number of hydrogen-bond acceptors (Lipinski definition) is 2. The molecule has 0 radical (unpaired) electrons. The molecule has 19 heavy (non-hydrogen) atoms. The third kappa shape index (κ3) is 3.06. The molecule has 0 unspecified atom stereocenters. The first-order valence-corrected chi connectivity index (χ1v) is 6.44. The van der Waals surface area contributed by atoms with E-state index in [9.17, 15) is 4.79 Å². The number of hydrogen-bond donors (Lipinski definition) is 0. The van der Waals surface area contributed by atoms with Crippen LogP contribution in [0.2, 0.25) is 0 Å². The van der Waals surface area contributed by atoms with Crippen LogP contribution in [0, 0.1) is 0 Å². The summed E-state index contributed by atoms with van der Waals surface area (Å²) in [5.41, 5.74) is 2.49. The molecule has 2 nitrogen and oxygen atoms in total. The van der Waals surface area contributed by atoms with Crippen LogP contribution >= 0.6 is 12.2 Å². The summed E-state index contributed by atoms with van der Waals surface area (Å²) >= 11 is 5.16. The van der Waals surface area contributed by atoms with E-state index in [1.165, 1.54) is 0 Å². The Morgan fingerprint density at radius 2 is 1.63 bits per heavy atom. The summed E-state index contributed by atoms with van der Waals surface area (Å²) in [7, 11) is 1.77. The van der Waals surface area contributed by atoms with Crippen LogP contribution < -0.4 is 4.90 Å². The molecule has 0 saturated heterocycles. The zero-order valence-electron chi connectivity index (χ0n) is 11.0. The van der Waals surface area contributed by atoms with Crippen LogP contribution in [0.15, 0.2) is 54.6 Å². The molecule has 0 aliphatic heterocycles. The Hall–Kier alpha value is -2.00. The first kappa shape index (κ1) is 13.4. The van der Waals surface area contributed by atoms with Crippen molar-refractivity contribution in [2.24, 2.45) is 0 Å². The molecule has 0 bridgehead atoms. The molecule has 0 atom stereocenters. The third-order valence-corrected chi connectivity index (χ3v) is 3.20. The minimum absolute atomic E-state index is 0.0280. The molecule has 0 spiro atoms. The normalized spacial score (nSPS) is 10.0. The second kappa shape index (κ2) is 5.76. The lowest BCUT2D eigenvalue weighted by molar-refractivity contribution is 0.0993. The molecular weight excluding hydrogens is 254 g/mol. The van der Waals surface area contributed by atoms with Crippen LogP contribution in [-0.4, -0.2) is 17.8 Å². The van der Waals surface area contributed by atoms with Gasteiger partial charge in [0.15, 0.2) is 0 Å². The lowest BCUT2D eigenvalue weighted by Gasteiger charge is -2.18. The average Bonchev–Trinajstić information content (AvgIpc) is 2.46. The summed E-state index contributed by atoms with van der Waals surface area (Å²) in [6.45, 7) is 1.88. The Morgan fingerprint density at radius 3 is 2.26 bits per heavy atom. The zero-order chi connectivity index (χ0) is 13.8. The Bertz CT molecular complexity index is 607. The van der Waals surface area contributed by atoms with Crippen molar-refractivity contribution in [1.82, 2.24) is 0 Å². The highest BCUT2D eigenvalue weighted by atomic mass is 32.1. The Morgan fingerprint density at radius 1 is 1.00 bits per heavy atom. The fraction of sp³-hybridized carbons (Fsp3) is 0.125. The molecule has 2 aromatic rings. The standard InChI is InChI=1S/C16H15NOS/c1-12(19)14-9-6-10-15(11-14)17(2)16(18)13-7-4-3-5-8-13/h3-11H,1-2H3. The van der Waals surface area contributed by atoms with Crippen LogP contribution in [0.4, 0.5) is 5.69 Å². The zero-order valence-corrected chi connectivity index (χ0v) is 11.8. The van der Waals surface area contributed by atoms with Crippen molar-refractivity contribution in [1.29, 1.82) is 0 Å². The van der Waals surface area contributed by atoms with E-state index in [0.29, 0.717) is 5.56 Å². The quantitative estimate of drug-likeness (QED) is 0.625. The van der Waals surface area contributed by atoms with Crippen molar-refractivity contribution >= 4 is 28.7 Å². The average molecular weight is 269 g/mol. The van der Waals surface area contributed by atoms with Gasteiger partial charge in [0, 0.05) is 23.2 Å². The van der Waals surface area contributed by atoms with E-state index < -0.39 is 0 Å². The lowest BCUT2D eigenvalue weighted by atomic mass is 10.1. The molecule has 2 aromatic carbocycles. The maximum Gasteiger partial charge on any atom is 0.258 e. The summed E-state index contributed by atoms with van der Waals surface area (Å²) in [4.78, 5) is 14.8. The number of carbonyl (C=O) groups excluding carboxylic acids is 1. The number of anilines is 1. The first-order chi connectivity index (χ1) is 9.09. The highest BCUT2D eigenvalue weighted by Crippen LogP contribution is 2.18. The number of nitrogens with zero attached hydrogens (tertiary/aromatic N) is 1. The molecule has 3 heteroatoms. The highest BCUT2D eigenvalue weighted by Gasteiger charge is 2.13. The number of amides is 1. The van der Waals surface area contributed by atoms with Crippen molar-refractivity contribution in [3.63, 3.8) is 0 Å². The van der Waals surface area contributed by atoms with Gasteiger partial charge in [-0.15, -0.1) is 0 Å². The van der Waals surface area contributed by atoms with Gasteiger partial charge in [-0.3, -0.25) is 4.79 Å². The molecule has 2 rings (SSSR count). The van der Waals surface area contributed by atoms with Gasteiger partial charge < -0.3 is 4.90 Å². The Labute approximate surface area is 118 Å². The van der Waals surface area contributed by atoms with Gasteiger partial charge in [-0.25, -0.2) is 0 Å². The predicted molar refractivity (Wildman–Crippen MR) is 83.0 cm³/mol. The summed E-state index contributed by atoms with van der Waals surface area (Å²) in [5.74, 6) is -0.0280. The number of rotatable bonds is 3. The molecular formula is C16H15NOS. The molecule has 0 saturated carbocycles. The van der Waals surface area contributed by atoms with Crippen molar-refractivity contribution in [3.05, 3.63) is 65.7 Å². The molecule has 0 fully saturated rings. The summed E-state index contributed by atoms with van der Waals surface area (Å²) in [5, 5.41) is 0. The Kier molecular flexibility index (Phi) is 4.07. The molecule has 0 aliphatic rings. The van der Waals surface area contributed by atoms with Crippen LogP contribution in [-0.2, 0) is 0 Å². The van der Waals surface area contributed by atoms with Crippen LogP contribution in [0.25, 0.3) is 0 Å². The van der Waals surface area contributed by atoms with Gasteiger partial charge in [0.1, 0.15) is 0 Å². The molecule has 0 aliphatic carbocycles. The molecule has 0 aromatic heterocycles. The molecule has 0 N–H and O–H groups in total. The summed E-state index contributed by atoms with van der Waals surface area (Å²) in [6, 6.07) is 16.9.